The van der Waals surface area contributed by atoms with Crippen LogP contribution in [0.15, 0.2) is 36.4 Å². The maximum Gasteiger partial charge on any atom is 0.387 e. The van der Waals surface area contributed by atoms with E-state index in [4.69, 9.17) is 39.5 Å². The average Bonchev–Trinajstić information content (AvgIpc) is 2.56. The number of esters is 1. The normalized spacial score (nSPS) is 10.5. The van der Waals surface area contributed by atoms with E-state index < -0.39 is 25.1 Å². The number of halogens is 5. The highest BCUT2D eigenvalue weighted by Gasteiger charge is 2.14. The first-order valence-electron chi connectivity index (χ1n) is 6.92. The quantitative estimate of drug-likeness (QED) is 0.660. The van der Waals surface area contributed by atoms with Crippen LogP contribution in [0.1, 0.15) is 10.4 Å². The molecule has 10 heteroatoms. The molecule has 2 aromatic carbocycles. The average molecular weight is 425 g/mol. The number of benzene rings is 2. The summed E-state index contributed by atoms with van der Waals surface area (Å²) in [5.41, 5.74) is 0.189. The van der Waals surface area contributed by atoms with Crippen molar-refractivity contribution in [2.24, 2.45) is 0 Å². The Labute approximate surface area is 161 Å². The van der Waals surface area contributed by atoms with Gasteiger partial charge in [-0.15, -0.1) is 0 Å². The van der Waals surface area contributed by atoms with Crippen LogP contribution in [-0.2, 0) is 9.53 Å². The zero-order valence-corrected chi connectivity index (χ0v) is 15.0. The molecular weight excluding hydrogens is 415 g/mol. The van der Waals surface area contributed by atoms with E-state index in [-0.39, 0.29) is 27.0 Å². The number of carbonyl (C=O) groups is 2. The van der Waals surface area contributed by atoms with Gasteiger partial charge in [-0.3, -0.25) is 4.79 Å². The van der Waals surface area contributed by atoms with E-state index in [0.29, 0.717) is 5.02 Å². The molecule has 0 aliphatic heterocycles. The Morgan fingerprint density at radius 3 is 2.15 bits per heavy atom. The second-order valence-electron chi connectivity index (χ2n) is 4.77. The van der Waals surface area contributed by atoms with Gasteiger partial charge in [-0.05, 0) is 36.4 Å². The Morgan fingerprint density at radius 2 is 1.62 bits per heavy atom. The minimum atomic E-state index is -2.97. The molecule has 0 saturated heterocycles. The van der Waals surface area contributed by atoms with E-state index in [9.17, 15) is 18.4 Å². The summed E-state index contributed by atoms with van der Waals surface area (Å²) >= 11 is 17.6. The van der Waals surface area contributed by atoms with Crippen molar-refractivity contribution < 1.29 is 27.8 Å². The van der Waals surface area contributed by atoms with Crippen LogP contribution >= 0.6 is 34.8 Å². The minimum absolute atomic E-state index is 0.0574. The van der Waals surface area contributed by atoms with Crippen LogP contribution in [0, 0.1) is 0 Å². The Bertz CT molecular complexity index is 793. The predicted octanol–water partition coefficient (Wildman–Crippen LogP) is 5.04. The van der Waals surface area contributed by atoms with Gasteiger partial charge in [-0.2, -0.15) is 8.78 Å². The lowest BCUT2D eigenvalue weighted by Gasteiger charge is -2.10. The monoisotopic (exact) mass is 423 g/mol. The van der Waals surface area contributed by atoms with Crippen LogP contribution in [0.3, 0.4) is 0 Å². The first-order chi connectivity index (χ1) is 12.3. The molecule has 0 bridgehead atoms. The Kier molecular flexibility index (Phi) is 7.02. The molecule has 0 atom stereocenters. The molecule has 0 saturated carbocycles. The van der Waals surface area contributed by atoms with E-state index >= 15 is 0 Å². The van der Waals surface area contributed by atoms with Crippen LogP contribution in [-0.4, -0.2) is 25.1 Å². The summed E-state index contributed by atoms with van der Waals surface area (Å²) in [6.45, 7) is -3.58. The Hall–Kier alpha value is -2.09. The van der Waals surface area contributed by atoms with Crippen LogP contribution in [0.25, 0.3) is 0 Å². The molecule has 1 N–H and O–H groups in total. The molecule has 138 valence electrons. The molecule has 26 heavy (non-hydrogen) atoms. The second kappa shape index (κ2) is 9.02. The third-order valence-corrected chi connectivity index (χ3v) is 3.74. The molecule has 2 aromatic rings. The van der Waals surface area contributed by atoms with Crippen molar-refractivity contribution in [1.29, 1.82) is 0 Å². The van der Waals surface area contributed by atoms with Crippen LogP contribution in [0.2, 0.25) is 15.1 Å². The Balaban J connectivity index is 1.92. The highest BCUT2D eigenvalue weighted by atomic mass is 35.5. The highest BCUT2D eigenvalue weighted by Crippen LogP contribution is 2.33. The molecule has 0 aliphatic carbocycles. The second-order valence-corrected chi connectivity index (χ2v) is 6.02. The van der Waals surface area contributed by atoms with Crippen LogP contribution in [0.4, 0.5) is 14.5 Å². The fourth-order valence-corrected chi connectivity index (χ4v) is 2.74. The van der Waals surface area contributed by atoms with Crippen molar-refractivity contribution >= 4 is 52.4 Å². The summed E-state index contributed by atoms with van der Waals surface area (Å²) in [7, 11) is 0. The third-order valence-electron chi connectivity index (χ3n) is 2.92. The number of ether oxygens (including phenoxy) is 2. The highest BCUT2D eigenvalue weighted by molar-refractivity contribution is 6.42. The number of alkyl halides is 2. The van der Waals surface area contributed by atoms with E-state index in [1.807, 2.05) is 0 Å². The van der Waals surface area contributed by atoms with Crippen molar-refractivity contribution in [2.45, 2.75) is 6.61 Å². The molecule has 0 aromatic heterocycles. The summed E-state index contributed by atoms with van der Waals surface area (Å²) < 4.78 is 33.1. The standard InChI is InChI=1S/C16H10Cl3F2NO4/c17-9-5-11(18)14(12(19)6-9)22-13(23)7-25-15(24)8-1-3-10(4-2-8)26-16(20)21/h1-6,16H,7H2,(H,22,23). The number of hydrogen-bond acceptors (Lipinski definition) is 4. The van der Waals surface area contributed by atoms with Crippen molar-refractivity contribution in [3.8, 4) is 5.75 Å². The summed E-state index contributed by atoms with van der Waals surface area (Å²) in [5, 5.41) is 2.94. The SMILES string of the molecule is O=C(COC(=O)c1ccc(OC(F)F)cc1)Nc1c(Cl)cc(Cl)cc1Cl. The van der Waals surface area contributed by atoms with E-state index in [1.54, 1.807) is 0 Å². The molecule has 0 radical (unpaired) electrons. The van der Waals surface area contributed by atoms with Crippen LogP contribution < -0.4 is 10.1 Å². The predicted molar refractivity (Wildman–Crippen MR) is 93.5 cm³/mol. The summed E-state index contributed by atoms with van der Waals surface area (Å²) in [5.74, 6) is -1.61. The van der Waals surface area contributed by atoms with Gasteiger partial charge in [0.1, 0.15) is 5.75 Å². The summed E-state index contributed by atoms with van der Waals surface area (Å²) in [6, 6.07) is 7.58. The zero-order chi connectivity index (χ0) is 19.3. The van der Waals surface area contributed by atoms with Crippen molar-refractivity contribution in [1.82, 2.24) is 0 Å². The van der Waals surface area contributed by atoms with Gasteiger partial charge in [0.2, 0.25) is 0 Å². The van der Waals surface area contributed by atoms with E-state index in [2.05, 4.69) is 10.1 Å². The molecular formula is C16H10Cl3F2NO4. The largest absolute Gasteiger partial charge is 0.452 e. The van der Waals surface area contributed by atoms with Gasteiger partial charge in [0, 0.05) is 5.02 Å². The fourth-order valence-electron chi connectivity index (χ4n) is 1.82. The fraction of sp³-hybridized carbons (Fsp3) is 0.125. The molecule has 0 fully saturated rings. The van der Waals surface area contributed by atoms with Crippen molar-refractivity contribution in [3.63, 3.8) is 0 Å². The first kappa shape index (κ1) is 20.2. The lowest BCUT2D eigenvalue weighted by molar-refractivity contribution is -0.119. The maximum absolute atomic E-state index is 12.1. The maximum atomic E-state index is 12.1. The van der Waals surface area contributed by atoms with E-state index in [0.717, 1.165) is 0 Å². The molecule has 1 amide bonds. The summed E-state index contributed by atoms with van der Waals surface area (Å²) in [4.78, 5) is 23.7. The topological polar surface area (TPSA) is 64.6 Å². The lowest BCUT2D eigenvalue weighted by Crippen LogP contribution is -2.21. The number of rotatable bonds is 6. The molecule has 0 heterocycles. The number of carbonyl (C=O) groups excluding carboxylic acids is 2. The number of amides is 1. The Morgan fingerprint density at radius 1 is 1.04 bits per heavy atom. The minimum Gasteiger partial charge on any atom is -0.452 e. The molecule has 0 aliphatic rings. The number of anilines is 1. The van der Waals surface area contributed by atoms with Crippen molar-refractivity contribution in [2.75, 3.05) is 11.9 Å². The molecule has 0 spiro atoms. The lowest BCUT2D eigenvalue weighted by atomic mass is 10.2. The van der Waals surface area contributed by atoms with Gasteiger partial charge < -0.3 is 14.8 Å². The number of hydrogen-bond donors (Lipinski definition) is 1. The van der Waals surface area contributed by atoms with Gasteiger partial charge in [0.05, 0.1) is 21.3 Å². The van der Waals surface area contributed by atoms with E-state index in [1.165, 1.54) is 36.4 Å². The molecule has 2 rings (SSSR count). The number of nitrogens with one attached hydrogen (secondary N) is 1. The molecule has 0 unspecified atom stereocenters. The summed E-state index contributed by atoms with van der Waals surface area (Å²) in [6.07, 6.45) is 0. The smallest absolute Gasteiger partial charge is 0.387 e. The van der Waals surface area contributed by atoms with Gasteiger partial charge >= 0.3 is 12.6 Å². The van der Waals surface area contributed by atoms with Gasteiger partial charge in [-0.1, -0.05) is 34.8 Å². The van der Waals surface area contributed by atoms with Gasteiger partial charge in [0.15, 0.2) is 6.61 Å². The van der Waals surface area contributed by atoms with Gasteiger partial charge in [-0.25, -0.2) is 4.79 Å². The molecule has 5 nitrogen and oxygen atoms in total. The zero-order valence-electron chi connectivity index (χ0n) is 12.8. The van der Waals surface area contributed by atoms with Crippen LogP contribution in [0.5, 0.6) is 5.75 Å². The first-order valence-corrected chi connectivity index (χ1v) is 8.06. The third kappa shape index (κ3) is 5.72. The van der Waals surface area contributed by atoms with Gasteiger partial charge in [0.25, 0.3) is 5.91 Å². The van der Waals surface area contributed by atoms with Crippen molar-refractivity contribution in [3.05, 3.63) is 57.0 Å².